The Hall–Kier alpha value is -1.61. The molecule has 2 rings (SSSR count). The zero-order valence-corrected chi connectivity index (χ0v) is 8.76. The predicted molar refractivity (Wildman–Crippen MR) is 59.3 cm³/mol. The van der Waals surface area contributed by atoms with E-state index >= 15 is 0 Å². The lowest BCUT2D eigenvalue weighted by Gasteiger charge is -2.07. The molecule has 2 aromatic rings. The van der Waals surface area contributed by atoms with Crippen molar-refractivity contribution >= 4 is 0 Å². The van der Waals surface area contributed by atoms with Crippen LogP contribution in [-0.2, 0) is 11.5 Å². The van der Waals surface area contributed by atoms with E-state index in [4.69, 9.17) is 4.74 Å². The summed E-state index contributed by atoms with van der Waals surface area (Å²) in [6, 6.07) is 10.2. The van der Waals surface area contributed by atoms with Crippen molar-refractivity contribution < 1.29 is 4.74 Å². The predicted octanol–water partition coefficient (Wildman–Crippen LogP) is 2.54. The Labute approximate surface area is 89.3 Å². The van der Waals surface area contributed by atoms with Crippen LogP contribution in [0.4, 0.5) is 0 Å². The SMILES string of the molecule is CCOCn1cncc1-c1ccccc1. The maximum absolute atomic E-state index is 5.36. The summed E-state index contributed by atoms with van der Waals surface area (Å²) >= 11 is 0. The van der Waals surface area contributed by atoms with Crippen LogP contribution >= 0.6 is 0 Å². The van der Waals surface area contributed by atoms with Gasteiger partial charge < -0.3 is 9.30 Å². The van der Waals surface area contributed by atoms with E-state index < -0.39 is 0 Å². The highest BCUT2D eigenvalue weighted by Gasteiger charge is 2.03. The van der Waals surface area contributed by atoms with Crippen molar-refractivity contribution in [2.45, 2.75) is 13.7 Å². The second kappa shape index (κ2) is 4.75. The minimum Gasteiger partial charge on any atom is -0.361 e. The van der Waals surface area contributed by atoms with Crippen molar-refractivity contribution in [2.24, 2.45) is 0 Å². The average molecular weight is 202 g/mol. The van der Waals surface area contributed by atoms with Crippen LogP contribution < -0.4 is 0 Å². The number of hydrogen-bond acceptors (Lipinski definition) is 2. The van der Waals surface area contributed by atoms with E-state index in [-0.39, 0.29) is 0 Å². The maximum atomic E-state index is 5.36. The third kappa shape index (κ3) is 2.25. The lowest BCUT2D eigenvalue weighted by molar-refractivity contribution is 0.0888. The van der Waals surface area contributed by atoms with Crippen molar-refractivity contribution in [3.8, 4) is 11.3 Å². The molecular formula is C12H14N2O. The number of nitrogens with zero attached hydrogens (tertiary/aromatic N) is 2. The molecule has 0 aliphatic heterocycles. The minimum atomic E-state index is 0.556. The largest absolute Gasteiger partial charge is 0.361 e. The molecule has 0 N–H and O–H groups in total. The second-order valence-electron chi connectivity index (χ2n) is 3.24. The molecule has 3 nitrogen and oxygen atoms in total. The van der Waals surface area contributed by atoms with Gasteiger partial charge in [0.2, 0.25) is 0 Å². The Morgan fingerprint density at radius 2 is 2.07 bits per heavy atom. The Morgan fingerprint density at radius 3 is 2.80 bits per heavy atom. The zero-order chi connectivity index (χ0) is 10.5. The number of hydrogen-bond donors (Lipinski definition) is 0. The van der Waals surface area contributed by atoms with E-state index in [1.807, 2.05) is 35.9 Å². The van der Waals surface area contributed by atoms with Gasteiger partial charge in [-0.3, -0.25) is 0 Å². The van der Waals surface area contributed by atoms with E-state index in [0.717, 1.165) is 11.3 Å². The molecule has 78 valence electrons. The standard InChI is InChI=1S/C12H14N2O/c1-2-15-10-14-9-13-8-12(14)11-6-4-3-5-7-11/h3-9H,2,10H2,1H3. The lowest BCUT2D eigenvalue weighted by Crippen LogP contribution is -2.02. The molecule has 0 saturated carbocycles. The van der Waals surface area contributed by atoms with Gasteiger partial charge in [-0.15, -0.1) is 0 Å². The zero-order valence-electron chi connectivity index (χ0n) is 8.76. The van der Waals surface area contributed by atoms with Gasteiger partial charge in [-0.2, -0.15) is 0 Å². The third-order valence-corrected chi connectivity index (χ3v) is 2.22. The van der Waals surface area contributed by atoms with Gasteiger partial charge in [0.15, 0.2) is 0 Å². The Morgan fingerprint density at radius 1 is 1.27 bits per heavy atom. The Bertz CT molecular complexity index is 409. The monoisotopic (exact) mass is 202 g/mol. The van der Waals surface area contributed by atoms with Crippen LogP contribution in [0.5, 0.6) is 0 Å². The molecule has 0 saturated heterocycles. The summed E-state index contributed by atoms with van der Waals surface area (Å²) in [7, 11) is 0. The van der Waals surface area contributed by atoms with Crippen molar-refractivity contribution in [3.63, 3.8) is 0 Å². The van der Waals surface area contributed by atoms with E-state index in [1.165, 1.54) is 0 Å². The van der Waals surface area contributed by atoms with E-state index in [2.05, 4.69) is 17.1 Å². The number of imidazole rings is 1. The van der Waals surface area contributed by atoms with Gasteiger partial charge in [0.1, 0.15) is 6.73 Å². The maximum Gasteiger partial charge on any atom is 0.124 e. The van der Waals surface area contributed by atoms with Crippen molar-refractivity contribution in [2.75, 3.05) is 6.61 Å². The summed E-state index contributed by atoms with van der Waals surface area (Å²) in [6.45, 7) is 3.26. The van der Waals surface area contributed by atoms with Gasteiger partial charge in [-0.1, -0.05) is 30.3 Å². The smallest absolute Gasteiger partial charge is 0.124 e. The van der Waals surface area contributed by atoms with Gasteiger partial charge in [0.05, 0.1) is 18.2 Å². The molecule has 15 heavy (non-hydrogen) atoms. The van der Waals surface area contributed by atoms with E-state index in [1.54, 1.807) is 6.33 Å². The fraction of sp³-hybridized carbons (Fsp3) is 0.250. The van der Waals surface area contributed by atoms with Gasteiger partial charge in [0, 0.05) is 6.61 Å². The molecule has 0 fully saturated rings. The van der Waals surface area contributed by atoms with Crippen LogP contribution in [0.1, 0.15) is 6.92 Å². The first kappa shape index (κ1) is 9.93. The summed E-state index contributed by atoms with van der Waals surface area (Å²) in [6.07, 6.45) is 3.65. The second-order valence-corrected chi connectivity index (χ2v) is 3.24. The first-order valence-corrected chi connectivity index (χ1v) is 5.05. The van der Waals surface area contributed by atoms with Crippen molar-refractivity contribution in [3.05, 3.63) is 42.9 Å². The van der Waals surface area contributed by atoms with Crippen molar-refractivity contribution in [1.82, 2.24) is 9.55 Å². The summed E-state index contributed by atoms with van der Waals surface area (Å²) in [5.41, 5.74) is 2.25. The average Bonchev–Trinajstić information content (AvgIpc) is 2.75. The molecule has 3 heteroatoms. The summed E-state index contributed by atoms with van der Waals surface area (Å²) in [4.78, 5) is 4.13. The molecule has 0 aliphatic rings. The first-order chi connectivity index (χ1) is 7.42. The topological polar surface area (TPSA) is 27.1 Å². The molecule has 0 spiro atoms. The highest BCUT2D eigenvalue weighted by atomic mass is 16.5. The molecule has 1 aromatic carbocycles. The highest BCUT2D eigenvalue weighted by molar-refractivity contribution is 5.58. The highest BCUT2D eigenvalue weighted by Crippen LogP contribution is 2.17. The molecule has 0 aliphatic carbocycles. The fourth-order valence-corrected chi connectivity index (χ4v) is 1.46. The first-order valence-electron chi connectivity index (χ1n) is 5.05. The molecule has 0 radical (unpaired) electrons. The lowest BCUT2D eigenvalue weighted by atomic mass is 10.2. The molecule has 0 amide bonds. The summed E-state index contributed by atoms with van der Waals surface area (Å²) in [5, 5.41) is 0. The van der Waals surface area contributed by atoms with Crippen LogP contribution in [0.3, 0.4) is 0 Å². The normalized spacial score (nSPS) is 10.5. The van der Waals surface area contributed by atoms with Crippen LogP contribution in [0.2, 0.25) is 0 Å². The van der Waals surface area contributed by atoms with Crippen LogP contribution in [0.15, 0.2) is 42.9 Å². The number of benzene rings is 1. The molecule has 0 unspecified atom stereocenters. The quantitative estimate of drug-likeness (QED) is 0.761. The fourth-order valence-electron chi connectivity index (χ4n) is 1.46. The minimum absolute atomic E-state index is 0.556. The summed E-state index contributed by atoms with van der Waals surface area (Å²) < 4.78 is 7.36. The summed E-state index contributed by atoms with van der Waals surface area (Å²) in [5.74, 6) is 0. The van der Waals surface area contributed by atoms with E-state index in [9.17, 15) is 0 Å². The van der Waals surface area contributed by atoms with Gasteiger partial charge >= 0.3 is 0 Å². The molecule has 1 heterocycles. The van der Waals surface area contributed by atoms with Crippen LogP contribution in [-0.4, -0.2) is 16.2 Å². The number of rotatable bonds is 4. The Balaban J connectivity index is 2.25. The number of ether oxygens (including phenoxy) is 1. The van der Waals surface area contributed by atoms with Gasteiger partial charge in [0.25, 0.3) is 0 Å². The number of aromatic nitrogens is 2. The molecule has 0 bridgehead atoms. The van der Waals surface area contributed by atoms with Crippen LogP contribution in [0, 0.1) is 0 Å². The molecular weight excluding hydrogens is 188 g/mol. The van der Waals surface area contributed by atoms with E-state index in [0.29, 0.717) is 13.3 Å². The van der Waals surface area contributed by atoms with Gasteiger partial charge in [-0.25, -0.2) is 4.98 Å². The third-order valence-electron chi connectivity index (χ3n) is 2.22. The molecule has 0 atom stereocenters. The Kier molecular flexibility index (Phi) is 3.15. The van der Waals surface area contributed by atoms with Crippen LogP contribution in [0.25, 0.3) is 11.3 Å². The van der Waals surface area contributed by atoms with Crippen molar-refractivity contribution in [1.29, 1.82) is 0 Å². The molecule has 1 aromatic heterocycles. The van der Waals surface area contributed by atoms with Gasteiger partial charge in [-0.05, 0) is 12.5 Å².